The monoisotopic (exact) mass is 1170 g/mol. The fraction of sp³-hybridized carbons (Fsp3) is 0.0667. The average Bonchev–Trinajstić information content (AvgIpc) is 1.58. The lowest BCUT2D eigenvalue weighted by Gasteiger charge is -2.36. The first-order chi connectivity index (χ1) is 45.5. The summed E-state index contributed by atoms with van der Waals surface area (Å²) in [7, 11) is 0. The zero-order valence-corrected chi connectivity index (χ0v) is 51.1. The van der Waals surface area contributed by atoms with Gasteiger partial charge in [0.2, 0.25) is 0 Å². The van der Waals surface area contributed by atoms with Crippen molar-refractivity contribution in [2.24, 2.45) is 0 Å². The van der Waals surface area contributed by atoms with E-state index in [0.717, 1.165) is 0 Å². The van der Waals surface area contributed by atoms with Crippen LogP contribution in [0, 0.1) is 0 Å². The van der Waals surface area contributed by atoms with Crippen LogP contribution in [-0.2, 0) is 5.41 Å². The maximum atomic E-state index is 2.54. The van der Waals surface area contributed by atoms with Crippen LogP contribution < -0.4 is 0 Å². The second-order valence-electron chi connectivity index (χ2n) is 25.5. The van der Waals surface area contributed by atoms with E-state index >= 15 is 0 Å². The van der Waals surface area contributed by atoms with E-state index in [0.29, 0.717) is 0 Å². The lowest BCUT2D eigenvalue weighted by Crippen LogP contribution is -2.28. The van der Waals surface area contributed by atoms with Gasteiger partial charge in [0.05, 0.1) is 33.4 Å². The molecule has 0 saturated heterocycles. The molecule has 1 fully saturated rings. The zero-order chi connectivity index (χ0) is 60.7. The summed E-state index contributed by atoms with van der Waals surface area (Å²) in [6.07, 6.45) is 15.1. The molecular weight excluding hydrogens is 1110 g/mol. The Bertz CT molecular complexity index is 5270. The minimum Gasteiger partial charge on any atom is -0.309 e. The van der Waals surface area contributed by atoms with E-state index in [4.69, 9.17) is 0 Å². The largest absolute Gasteiger partial charge is 0.309 e. The predicted molar refractivity (Wildman–Crippen MR) is 392 cm³/mol. The van der Waals surface area contributed by atoms with E-state index in [9.17, 15) is 0 Å². The molecule has 0 atom stereocenters. The van der Waals surface area contributed by atoms with Gasteiger partial charge in [0.15, 0.2) is 0 Å². The molecule has 1 saturated carbocycles. The Labute approximate surface area is 536 Å². The molecule has 2 nitrogen and oxygen atoms in total. The lowest BCUT2D eigenvalue weighted by atomic mass is 9.67. The SMILES string of the molecule is C(=C\c1ccc(-c2ccc3c(c2)c2ccccc2n3-c2cccc3ccccc23)cc1)/c1ccc(-c2ccc3c(c2)C2(CCCCC2)c2cc(-c4ccc(/C=C/c5ccc(-c6ccc7c(c6)c6ccccc6n7-c6cccc7ccccc67)cc5)cc4)ccc2-3)cc1. The molecule has 2 aliphatic carbocycles. The number of rotatable bonds is 10. The summed E-state index contributed by atoms with van der Waals surface area (Å²) in [4.78, 5) is 0. The molecule has 0 N–H and O–H groups in total. The summed E-state index contributed by atoms with van der Waals surface area (Å²) < 4.78 is 4.86. The minimum absolute atomic E-state index is 0.0297. The molecule has 18 rings (SSSR count). The second-order valence-corrected chi connectivity index (χ2v) is 25.5. The van der Waals surface area contributed by atoms with Crippen LogP contribution in [0.3, 0.4) is 0 Å². The van der Waals surface area contributed by atoms with Gasteiger partial charge in [0.1, 0.15) is 0 Å². The molecule has 434 valence electrons. The highest BCUT2D eigenvalue weighted by molar-refractivity contribution is 6.13. The van der Waals surface area contributed by atoms with Crippen molar-refractivity contribution in [3.8, 4) is 67.0 Å². The number of benzene rings is 14. The molecule has 2 aliphatic rings. The summed E-state index contributed by atoms with van der Waals surface area (Å²) in [6.45, 7) is 0. The van der Waals surface area contributed by atoms with Gasteiger partial charge in [-0.1, -0.05) is 286 Å². The van der Waals surface area contributed by atoms with Crippen LogP contribution >= 0.6 is 0 Å². The molecule has 2 heteroatoms. The van der Waals surface area contributed by atoms with Crippen LogP contribution in [0.5, 0.6) is 0 Å². The van der Waals surface area contributed by atoms with Crippen molar-refractivity contribution in [2.45, 2.75) is 37.5 Å². The highest BCUT2D eigenvalue weighted by atomic mass is 15.0. The molecule has 2 aromatic heterocycles. The van der Waals surface area contributed by atoms with Gasteiger partial charge in [-0.15, -0.1) is 0 Å². The van der Waals surface area contributed by atoms with Crippen molar-refractivity contribution >= 4 is 89.5 Å². The molecule has 92 heavy (non-hydrogen) atoms. The number of hydrogen-bond acceptors (Lipinski definition) is 0. The predicted octanol–water partition coefficient (Wildman–Crippen LogP) is 24.4. The number of fused-ring (bicyclic) bond motifs is 13. The number of aromatic nitrogens is 2. The van der Waals surface area contributed by atoms with Gasteiger partial charge in [-0.05, 0) is 173 Å². The average molecular weight is 1170 g/mol. The van der Waals surface area contributed by atoms with Crippen molar-refractivity contribution in [3.05, 3.63) is 337 Å². The molecule has 0 aliphatic heterocycles. The second kappa shape index (κ2) is 22.0. The third-order valence-corrected chi connectivity index (χ3v) is 20.3. The number of hydrogen-bond donors (Lipinski definition) is 0. The van der Waals surface area contributed by atoms with Gasteiger partial charge in [0.25, 0.3) is 0 Å². The first kappa shape index (κ1) is 53.7. The van der Waals surface area contributed by atoms with Crippen molar-refractivity contribution < 1.29 is 0 Å². The van der Waals surface area contributed by atoms with Crippen LogP contribution in [0.1, 0.15) is 65.5 Å². The van der Waals surface area contributed by atoms with Crippen LogP contribution in [0.25, 0.3) is 156 Å². The standard InChI is InChI=1S/C90H64N2/c1-10-54-90(55-11-1)82-58-72(66-42-34-62(35-43-66)28-26-60-30-38-64(39-31-60)70-48-52-88-80(56-70)78-20-6-8-22-86(78)91(88)84-24-12-16-68-14-2-4-18-74(68)84)46-50-76(82)77-51-47-73(59-83(77)90)67-44-36-63(37-45-67)29-27-61-32-40-65(41-33-61)71-49-53-89-81(57-71)79-21-7-9-23-87(79)92(89)85-25-13-17-69-15-3-5-19-75(69)85/h2-9,12-53,56-59H,1,10-11,54-55H2/b28-26+,29-27+. The van der Waals surface area contributed by atoms with E-state index in [1.165, 1.54) is 198 Å². The van der Waals surface area contributed by atoms with Gasteiger partial charge in [-0.2, -0.15) is 0 Å². The Hall–Kier alpha value is -11.3. The lowest BCUT2D eigenvalue weighted by molar-refractivity contribution is 0.353. The van der Waals surface area contributed by atoms with Crippen LogP contribution in [0.2, 0.25) is 0 Å². The van der Waals surface area contributed by atoms with Crippen molar-refractivity contribution in [1.82, 2.24) is 9.13 Å². The Morgan fingerprint density at radius 1 is 0.239 bits per heavy atom. The molecular formula is C90H64N2. The van der Waals surface area contributed by atoms with E-state index in [1.54, 1.807) is 0 Å². The number of nitrogens with zero attached hydrogens (tertiary/aromatic N) is 2. The Morgan fingerprint density at radius 2 is 0.554 bits per heavy atom. The molecule has 0 radical (unpaired) electrons. The molecule has 0 unspecified atom stereocenters. The van der Waals surface area contributed by atoms with Gasteiger partial charge in [-0.25, -0.2) is 0 Å². The maximum absolute atomic E-state index is 2.54. The summed E-state index contributed by atoms with van der Waals surface area (Å²) in [6, 6.07) is 113. The first-order valence-corrected chi connectivity index (χ1v) is 32.7. The molecule has 1 spiro atoms. The molecule has 16 aromatic rings. The summed E-state index contributed by atoms with van der Waals surface area (Å²) in [5, 5.41) is 10.0. The zero-order valence-electron chi connectivity index (χ0n) is 51.1. The Balaban J connectivity index is 0.555. The van der Waals surface area contributed by atoms with Crippen molar-refractivity contribution in [2.75, 3.05) is 0 Å². The highest BCUT2D eigenvalue weighted by Crippen LogP contribution is 2.57. The van der Waals surface area contributed by atoms with Crippen LogP contribution in [0.4, 0.5) is 0 Å². The first-order valence-electron chi connectivity index (χ1n) is 32.7. The third kappa shape index (κ3) is 9.08. The third-order valence-electron chi connectivity index (χ3n) is 20.3. The summed E-state index contributed by atoms with van der Waals surface area (Å²) in [5.74, 6) is 0. The molecule has 2 heterocycles. The summed E-state index contributed by atoms with van der Waals surface area (Å²) in [5.41, 5.74) is 27.8. The van der Waals surface area contributed by atoms with Gasteiger partial charge < -0.3 is 9.13 Å². The van der Waals surface area contributed by atoms with Gasteiger partial charge in [0, 0.05) is 37.7 Å². The van der Waals surface area contributed by atoms with Gasteiger partial charge >= 0.3 is 0 Å². The quantitative estimate of drug-likeness (QED) is 0.121. The molecule has 0 amide bonds. The fourth-order valence-electron chi connectivity index (χ4n) is 15.7. The van der Waals surface area contributed by atoms with E-state index in [-0.39, 0.29) is 5.41 Å². The maximum Gasteiger partial charge on any atom is 0.0541 e. The van der Waals surface area contributed by atoms with Gasteiger partial charge in [-0.3, -0.25) is 0 Å². The number of para-hydroxylation sites is 2. The summed E-state index contributed by atoms with van der Waals surface area (Å²) >= 11 is 0. The highest BCUT2D eigenvalue weighted by Gasteiger charge is 2.44. The minimum atomic E-state index is 0.0297. The van der Waals surface area contributed by atoms with Crippen molar-refractivity contribution in [3.63, 3.8) is 0 Å². The topological polar surface area (TPSA) is 9.86 Å². The van der Waals surface area contributed by atoms with E-state index in [1.807, 2.05) is 0 Å². The normalized spacial score (nSPS) is 13.7. The fourth-order valence-corrected chi connectivity index (χ4v) is 15.7. The Kier molecular flexibility index (Phi) is 12.8. The molecule has 14 aromatic carbocycles. The van der Waals surface area contributed by atoms with E-state index in [2.05, 4.69) is 337 Å². The Morgan fingerprint density at radius 3 is 0.957 bits per heavy atom. The van der Waals surface area contributed by atoms with Crippen LogP contribution in [0.15, 0.2) is 303 Å². The smallest absolute Gasteiger partial charge is 0.0541 e. The molecule has 0 bridgehead atoms. The van der Waals surface area contributed by atoms with Crippen molar-refractivity contribution in [1.29, 1.82) is 0 Å². The van der Waals surface area contributed by atoms with E-state index < -0.39 is 0 Å². The van der Waals surface area contributed by atoms with Crippen LogP contribution in [-0.4, -0.2) is 9.13 Å².